The van der Waals surface area contributed by atoms with E-state index in [9.17, 15) is 0 Å². The Hall–Kier alpha value is -0.700. The van der Waals surface area contributed by atoms with Crippen molar-refractivity contribution < 1.29 is 4.74 Å². The molecule has 0 heterocycles. The Morgan fingerprint density at radius 2 is 1.88 bits per heavy atom. The first-order chi connectivity index (χ1) is 7.99. The lowest BCUT2D eigenvalue weighted by Crippen LogP contribution is -2.12. The van der Waals surface area contributed by atoms with E-state index in [1.165, 1.54) is 5.56 Å². The Kier molecular flexibility index (Phi) is 5.31. The number of hydrogen-bond donors (Lipinski definition) is 1. The third-order valence-electron chi connectivity index (χ3n) is 3.17. The number of anilines is 1. The van der Waals surface area contributed by atoms with Crippen molar-refractivity contribution in [3.05, 3.63) is 22.2 Å². The van der Waals surface area contributed by atoms with E-state index in [1.807, 2.05) is 6.07 Å². The minimum Gasteiger partial charge on any atom is -0.487 e. The van der Waals surface area contributed by atoms with E-state index in [0.717, 1.165) is 28.8 Å². The highest BCUT2D eigenvalue weighted by molar-refractivity contribution is 9.10. The van der Waals surface area contributed by atoms with E-state index in [2.05, 4.69) is 49.7 Å². The normalized spacial score (nSPS) is 14.4. The van der Waals surface area contributed by atoms with Crippen molar-refractivity contribution >= 4 is 21.6 Å². The molecule has 96 valence electrons. The first-order valence-electron chi connectivity index (χ1n) is 6.25. The molecule has 2 atom stereocenters. The second-order valence-electron chi connectivity index (χ2n) is 4.57. The maximum atomic E-state index is 6.06. The number of hydrogen-bond acceptors (Lipinski definition) is 2. The minimum atomic E-state index is 0.183. The number of nitrogen functional groups attached to an aromatic ring is 1. The molecular formula is C14H22BrNO. The molecule has 0 saturated heterocycles. The average Bonchev–Trinajstić information content (AvgIpc) is 2.32. The molecule has 0 aromatic heterocycles. The molecule has 0 aliphatic carbocycles. The van der Waals surface area contributed by atoms with E-state index < -0.39 is 0 Å². The summed E-state index contributed by atoms with van der Waals surface area (Å²) in [5.74, 6) is 1.29. The molecule has 0 aliphatic heterocycles. The summed E-state index contributed by atoms with van der Waals surface area (Å²) in [6.45, 7) is 8.53. The van der Waals surface area contributed by atoms with Gasteiger partial charge in [-0.3, -0.25) is 0 Å². The fourth-order valence-electron chi connectivity index (χ4n) is 1.57. The highest BCUT2D eigenvalue weighted by Crippen LogP contribution is 2.36. The number of nitrogens with two attached hydrogens (primary N) is 1. The van der Waals surface area contributed by atoms with Crippen LogP contribution in [-0.2, 0) is 0 Å². The molecule has 1 rings (SSSR count). The fraction of sp³-hybridized carbons (Fsp3) is 0.571. The molecule has 0 spiro atoms. The van der Waals surface area contributed by atoms with Crippen LogP contribution in [0.2, 0.25) is 0 Å². The standard InChI is InChI=1S/C14H22BrNO/c1-5-9(3)11-7-12(15)14(13(16)8-11)17-10(4)6-2/h7-10H,5-6,16H2,1-4H3. The molecule has 0 aliphatic rings. The van der Waals surface area contributed by atoms with E-state index in [1.54, 1.807) is 0 Å². The van der Waals surface area contributed by atoms with Gasteiger partial charge in [0, 0.05) is 0 Å². The van der Waals surface area contributed by atoms with Gasteiger partial charge >= 0.3 is 0 Å². The summed E-state index contributed by atoms with van der Waals surface area (Å²) in [7, 11) is 0. The highest BCUT2D eigenvalue weighted by Gasteiger charge is 2.13. The summed E-state index contributed by atoms with van der Waals surface area (Å²) in [6.07, 6.45) is 2.26. The van der Waals surface area contributed by atoms with Crippen LogP contribution in [0.15, 0.2) is 16.6 Å². The number of halogens is 1. The van der Waals surface area contributed by atoms with Gasteiger partial charge in [0.1, 0.15) is 0 Å². The Labute approximate surface area is 113 Å². The van der Waals surface area contributed by atoms with Crippen LogP contribution >= 0.6 is 15.9 Å². The zero-order valence-electron chi connectivity index (χ0n) is 11.1. The van der Waals surface area contributed by atoms with Crippen LogP contribution in [-0.4, -0.2) is 6.10 Å². The first-order valence-corrected chi connectivity index (χ1v) is 7.04. The molecule has 0 bridgehead atoms. The highest BCUT2D eigenvalue weighted by atomic mass is 79.9. The summed E-state index contributed by atoms with van der Waals surface area (Å²) >= 11 is 3.55. The van der Waals surface area contributed by atoms with Gasteiger partial charge < -0.3 is 10.5 Å². The zero-order chi connectivity index (χ0) is 13.0. The van der Waals surface area contributed by atoms with Crippen molar-refractivity contribution in [1.82, 2.24) is 0 Å². The molecule has 1 aromatic rings. The molecule has 0 amide bonds. The molecular weight excluding hydrogens is 278 g/mol. The summed E-state index contributed by atoms with van der Waals surface area (Å²) in [5, 5.41) is 0. The van der Waals surface area contributed by atoms with Crippen molar-refractivity contribution in [2.45, 2.75) is 52.6 Å². The van der Waals surface area contributed by atoms with E-state index in [-0.39, 0.29) is 6.10 Å². The van der Waals surface area contributed by atoms with Gasteiger partial charge in [0.2, 0.25) is 0 Å². The minimum absolute atomic E-state index is 0.183. The lowest BCUT2D eigenvalue weighted by Gasteiger charge is -2.18. The van der Waals surface area contributed by atoms with E-state index in [4.69, 9.17) is 10.5 Å². The first kappa shape index (κ1) is 14.4. The van der Waals surface area contributed by atoms with Crippen molar-refractivity contribution in [3.63, 3.8) is 0 Å². The van der Waals surface area contributed by atoms with Gasteiger partial charge in [0.25, 0.3) is 0 Å². The summed E-state index contributed by atoms with van der Waals surface area (Å²) in [6, 6.07) is 4.14. The maximum absolute atomic E-state index is 6.06. The molecule has 2 N–H and O–H groups in total. The third-order valence-corrected chi connectivity index (χ3v) is 3.76. The van der Waals surface area contributed by atoms with Crippen LogP contribution in [0.25, 0.3) is 0 Å². The summed E-state index contributed by atoms with van der Waals surface area (Å²) in [4.78, 5) is 0. The fourth-order valence-corrected chi connectivity index (χ4v) is 2.15. The largest absolute Gasteiger partial charge is 0.487 e. The predicted octanol–water partition coefficient (Wildman–Crippen LogP) is 4.72. The Morgan fingerprint density at radius 1 is 1.24 bits per heavy atom. The van der Waals surface area contributed by atoms with E-state index in [0.29, 0.717) is 5.92 Å². The molecule has 2 nitrogen and oxygen atoms in total. The van der Waals surface area contributed by atoms with Gasteiger partial charge in [-0.25, -0.2) is 0 Å². The number of rotatable bonds is 5. The summed E-state index contributed by atoms with van der Waals surface area (Å²) < 4.78 is 6.77. The Balaban J connectivity index is 3.02. The second-order valence-corrected chi connectivity index (χ2v) is 5.42. The predicted molar refractivity (Wildman–Crippen MR) is 77.6 cm³/mol. The second kappa shape index (κ2) is 6.29. The van der Waals surface area contributed by atoms with Gasteiger partial charge in [0.15, 0.2) is 5.75 Å². The summed E-state index contributed by atoms with van der Waals surface area (Å²) in [5.41, 5.74) is 8.04. The van der Waals surface area contributed by atoms with Gasteiger partial charge in [-0.15, -0.1) is 0 Å². The lowest BCUT2D eigenvalue weighted by atomic mass is 9.98. The number of benzene rings is 1. The smallest absolute Gasteiger partial charge is 0.156 e. The van der Waals surface area contributed by atoms with Crippen LogP contribution in [0.3, 0.4) is 0 Å². The molecule has 0 radical (unpaired) electrons. The van der Waals surface area contributed by atoms with Crippen LogP contribution in [0.5, 0.6) is 5.75 Å². The van der Waals surface area contributed by atoms with Gasteiger partial charge in [0.05, 0.1) is 16.3 Å². The Morgan fingerprint density at radius 3 is 2.35 bits per heavy atom. The van der Waals surface area contributed by atoms with Gasteiger partial charge in [-0.05, 0) is 59.3 Å². The van der Waals surface area contributed by atoms with Crippen LogP contribution < -0.4 is 10.5 Å². The van der Waals surface area contributed by atoms with Crippen molar-refractivity contribution in [2.75, 3.05) is 5.73 Å². The van der Waals surface area contributed by atoms with Crippen molar-refractivity contribution in [1.29, 1.82) is 0 Å². The average molecular weight is 300 g/mol. The molecule has 2 unspecified atom stereocenters. The third kappa shape index (κ3) is 3.63. The number of ether oxygens (including phenoxy) is 1. The molecule has 17 heavy (non-hydrogen) atoms. The lowest BCUT2D eigenvalue weighted by molar-refractivity contribution is 0.217. The molecule has 0 fully saturated rings. The molecule has 0 saturated carbocycles. The monoisotopic (exact) mass is 299 g/mol. The van der Waals surface area contributed by atoms with Crippen molar-refractivity contribution in [3.8, 4) is 5.75 Å². The SMILES string of the molecule is CCC(C)Oc1c(N)cc(C(C)CC)cc1Br. The van der Waals surface area contributed by atoms with Crippen LogP contribution in [0.1, 0.15) is 52.0 Å². The Bertz CT molecular complexity index is 355. The van der Waals surface area contributed by atoms with Crippen LogP contribution in [0.4, 0.5) is 5.69 Å². The van der Waals surface area contributed by atoms with Crippen molar-refractivity contribution in [2.24, 2.45) is 0 Å². The molecule has 3 heteroatoms. The van der Waals surface area contributed by atoms with Crippen LogP contribution in [0, 0.1) is 0 Å². The molecule has 1 aromatic carbocycles. The quantitative estimate of drug-likeness (QED) is 0.798. The maximum Gasteiger partial charge on any atom is 0.156 e. The van der Waals surface area contributed by atoms with E-state index >= 15 is 0 Å². The van der Waals surface area contributed by atoms with Gasteiger partial charge in [-0.2, -0.15) is 0 Å². The topological polar surface area (TPSA) is 35.2 Å². The zero-order valence-corrected chi connectivity index (χ0v) is 12.7. The van der Waals surface area contributed by atoms with Gasteiger partial charge in [-0.1, -0.05) is 20.8 Å².